The summed E-state index contributed by atoms with van der Waals surface area (Å²) in [7, 11) is 0. The summed E-state index contributed by atoms with van der Waals surface area (Å²) in [5.74, 6) is 1.29. The fraction of sp³-hybridized carbons (Fsp3) is 0.320. The number of ether oxygens (including phenoxy) is 1. The van der Waals surface area contributed by atoms with Gasteiger partial charge in [-0.1, -0.05) is 18.2 Å². The number of hydrogen-bond donors (Lipinski definition) is 3. The van der Waals surface area contributed by atoms with Crippen LogP contribution in [0.1, 0.15) is 27.2 Å². The lowest BCUT2D eigenvalue weighted by atomic mass is 9.97. The van der Waals surface area contributed by atoms with E-state index in [2.05, 4.69) is 4.98 Å². The van der Waals surface area contributed by atoms with Crippen LogP contribution < -0.4 is 16.0 Å². The zero-order valence-electron chi connectivity index (χ0n) is 19.0. The van der Waals surface area contributed by atoms with Crippen molar-refractivity contribution in [2.24, 2.45) is 5.73 Å². The molecule has 2 aromatic carbocycles. The number of amides is 2. The van der Waals surface area contributed by atoms with Crippen LogP contribution in [-0.2, 0) is 17.8 Å². The number of nitrogens with zero attached hydrogens (tertiary/aromatic N) is 2. The molecule has 1 saturated heterocycles. The van der Waals surface area contributed by atoms with Gasteiger partial charge in [-0.2, -0.15) is 11.8 Å². The fourth-order valence-corrected chi connectivity index (χ4v) is 5.24. The van der Waals surface area contributed by atoms with E-state index in [0.29, 0.717) is 23.5 Å². The van der Waals surface area contributed by atoms with Crippen LogP contribution in [0.5, 0.6) is 5.75 Å². The van der Waals surface area contributed by atoms with Gasteiger partial charge >= 0.3 is 0 Å². The Kier molecular flexibility index (Phi) is 7.66. The highest BCUT2D eigenvalue weighted by molar-refractivity contribution is 7.99. The van der Waals surface area contributed by atoms with Crippen LogP contribution in [0.4, 0.5) is 0 Å². The van der Waals surface area contributed by atoms with Crippen LogP contribution >= 0.6 is 11.8 Å². The van der Waals surface area contributed by atoms with Crippen molar-refractivity contribution in [3.05, 3.63) is 70.9 Å². The number of hydrogen-bond acceptors (Lipinski definition) is 7. The van der Waals surface area contributed by atoms with Crippen molar-refractivity contribution in [3.63, 3.8) is 0 Å². The molecule has 3 aromatic rings. The highest BCUT2D eigenvalue weighted by Crippen LogP contribution is 2.25. The Morgan fingerprint density at radius 3 is 2.68 bits per heavy atom. The van der Waals surface area contributed by atoms with Gasteiger partial charge in [0.25, 0.3) is 5.91 Å². The van der Waals surface area contributed by atoms with Crippen molar-refractivity contribution in [2.75, 3.05) is 24.6 Å². The number of carbonyl (C=O) groups excluding carboxylic acids is 2. The molecule has 1 aliphatic rings. The average molecular weight is 481 g/mol. The number of primary amides is 1. The summed E-state index contributed by atoms with van der Waals surface area (Å²) in [6.45, 7) is 3.71. The van der Waals surface area contributed by atoms with Crippen molar-refractivity contribution < 1.29 is 19.5 Å². The third-order valence-electron chi connectivity index (χ3n) is 5.98. The quantitative estimate of drug-likeness (QED) is 0.335. The minimum Gasteiger partial charge on any atom is -0.489 e. The van der Waals surface area contributed by atoms with Crippen LogP contribution in [-0.4, -0.2) is 57.5 Å². The average Bonchev–Trinajstić information content (AvgIpc) is 2.85. The van der Waals surface area contributed by atoms with Gasteiger partial charge in [0.15, 0.2) is 0 Å². The van der Waals surface area contributed by atoms with Crippen molar-refractivity contribution in [2.45, 2.75) is 26.0 Å². The van der Waals surface area contributed by atoms with Crippen LogP contribution in [0.15, 0.2) is 48.5 Å². The molecule has 0 bridgehead atoms. The molecule has 0 unspecified atom stereocenters. The van der Waals surface area contributed by atoms with E-state index in [1.807, 2.05) is 53.9 Å². The zero-order chi connectivity index (χ0) is 24.1. The number of para-hydroxylation sites is 1. The first-order valence-electron chi connectivity index (χ1n) is 11.1. The highest BCUT2D eigenvalue weighted by atomic mass is 32.2. The number of benzene rings is 2. The minimum absolute atomic E-state index is 0.226. The summed E-state index contributed by atoms with van der Waals surface area (Å²) >= 11 is 1.82. The molecular weight excluding hydrogens is 452 g/mol. The smallest absolute Gasteiger partial charge is 0.261 e. The minimum atomic E-state index is -0.619. The van der Waals surface area contributed by atoms with Gasteiger partial charge in [-0.05, 0) is 49.2 Å². The Labute approximate surface area is 202 Å². The van der Waals surface area contributed by atoms with Crippen LogP contribution in [0.2, 0.25) is 0 Å². The lowest BCUT2D eigenvalue weighted by Gasteiger charge is -2.33. The molecule has 8 nitrogen and oxygen atoms in total. The number of fused-ring (bicyclic) bond motifs is 1. The van der Waals surface area contributed by atoms with Crippen LogP contribution in [0, 0.1) is 6.92 Å². The maximum absolute atomic E-state index is 12.5. The fourth-order valence-electron chi connectivity index (χ4n) is 4.30. The molecule has 2 amide bonds. The molecule has 34 heavy (non-hydrogen) atoms. The molecule has 9 heteroatoms. The van der Waals surface area contributed by atoms with E-state index in [1.54, 1.807) is 23.7 Å². The molecule has 0 saturated carbocycles. The molecular formula is C25H28N4O4S. The van der Waals surface area contributed by atoms with E-state index in [-0.39, 0.29) is 6.42 Å². The Balaban J connectivity index is 1.60. The van der Waals surface area contributed by atoms with Crippen LogP contribution in [0.3, 0.4) is 0 Å². The van der Waals surface area contributed by atoms with Gasteiger partial charge in [0, 0.05) is 46.8 Å². The number of nitrogens with one attached hydrogen (secondary N) is 1. The molecule has 2 heterocycles. The largest absolute Gasteiger partial charge is 0.489 e. The maximum Gasteiger partial charge on any atom is 0.261 e. The van der Waals surface area contributed by atoms with Crippen LogP contribution in [0.25, 0.3) is 10.9 Å². The number of pyridine rings is 1. The van der Waals surface area contributed by atoms with Gasteiger partial charge in [0.05, 0.1) is 11.6 Å². The SMILES string of the molecule is Cc1cc(COc2ccc(C(N)=O)c(C[C@@H](C(=O)NO)N3CCSCC3)c2)c2ccccc2n1. The summed E-state index contributed by atoms with van der Waals surface area (Å²) in [6.07, 6.45) is 0.226. The monoisotopic (exact) mass is 480 g/mol. The molecule has 0 radical (unpaired) electrons. The van der Waals surface area contributed by atoms with Crippen molar-refractivity contribution in [1.82, 2.24) is 15.4 Å². The van der Waals surface area contributed by atoms with E-state index in [0.717, 1.165) is 46.8 Å². The Hall–Kier alpha value is -3.14. The first-order chi connectivity index (χ1) is 16.5. The van der Waals surface area contributed by atoms with Gasteiger partial charge in [-0.15, -0.1) is 0 Å². The number of aromatic nitrogens is 1. The predicted molar refractivity (Wildman–Crippen MR) is 132 cm³/mol. The number of nitrogens with two attached hydrogens (primary N) is 1. The standard InChI is InChI=1S/C25H28N4O4S/c1-16-12-18(20-4-2-3-5-22(20)27-16)15-33-19-6-7-21(24(26)30)17(13-19)14-23(25(31)28-32)29-8-10-34-11-9-29/h2-7,12-13,23,32H,8-11,14-15H2,1H3,(H2,26,30)(H,28,31)/t23-/m0/s1. The van der Waals surface area contributed by atoms with E-state index >= 15 is 0 Å². The summed E-state index contributed by atoms with van der Waals surface area (Å²) in [5, 5.41) is 10.3. The highest BCUT2D eigenvalue weighted by Gasteiger charge is 2.29. The lowest BCUT2D eigenvalue weighted by Crippen LogP contribution is -2.50. The van der Waals surface area contributed by atoms with Crippen molar-refractivity contribution in [1.29, 1.82) is 0 Å². The molecule has 1 fully saturated rings. The molecule has 0 spiro atoms. The molecule has 4 rings (SSSR count). The van der Waals surface area contributed by atoms with Gasteiger partial charge in [0.2, 0.25) is 5.91 Å². The zero-order valence-corrected chi connectivity index (χ0v) is 19.8. The van der Waals surface area contributed by atoms with E-state index in [9.17, 15) is 14.8 Å². The van der Waals surface area contributed by atoms with Gasteiger partial charge in [0.1, 0.15) is 12.4 Å². The third-order valence-corrected chi connectivity index (χ3v) is 6.92. The molecule has 178 valence electrons. The summed E-state index contributed by atoms with van der Waals surface area (Å²) in [6, 6.07) is 14.4. The predicted octanol–water partition coefficient (Wildman–Crippen LogP) is 2.69. The second-order valence-corrected chi connectivity index (χ2v) is 9.48. The number of thioether (sulfide) groups is 1. The summed E-state index contributed by atoms with van der Waals surface area (Å²) in [4.78, 5) is 31.2. The maximum atomic E-state index is 12.5. The second kappa shape index (κ2) is 10.9. The number of aryl methyl sites for hydroxylation is 1. The van der Waals surface area contributed by atoms with Gasteiger partial charge in [-0.3, -0.25) is 24.7 Å². The normalized spacial score (nSPS) is 15.1. The number of rotatable bonds is 8. The summed E-state index contributed by atoms with van der Waals surface area (Å²) in [5.41, 5.74) is 11.1. The van der Waals surface area contributed by atoms with E-state index in [4.69, 9.17) is 10.5 Å². The molecule has 1 atom stereocenters. The number of hydroxylamine groups is 1. The topological polar surface area (TPSA) is 118 Å². The Bertz CT molecular complexity index is 1200. The van der Waals surface area contributed by atoms with Gasteiger partial charge < -0.3 is 10.5 Å². The van der Waals surface area contributed by atoms with E-state index in [1.165, 1.54) is 0 Å². The number of carbonyl (C=O) groups is 2. The first-order valence-corrected chi connectivity index (χ1v) is 12.3. The van der Waals surface area contributed by atoms with Gasteiger partial charge in [-0.25, -0.2) is 5.48 Å². The molecule has 1 aliphatic heterocycles. The summed E-state index contributed by atoms with van der Waals surface area (Å²) < 4.78 is 6.10. The Morgan fingerprint density at radius 1 is 1.18 bits per heavy atom. The molecule has 1 aromatic heterocycles. The molecule has 0 aliphatic carbocycles. The Morgan fingerprint density at radius 2 is 1.94 bits per heavy atom. The van der Waals surface area contributed by atoms with E-state index < -0.39 is 17.9 Å². The third kappa shape index (κ3) is 5.49. The second-order valence-electron chi connectivity index (χ2n) is 8.26. The lowest BCUT2D eigenvalue weighted by molar-refractivity contribution is -0.134. The first kappa shape index (κ1) is 24.0. The van der Waals surface area contributed by atoms with Crippen molar-refractivity contribution >= 4 is 34.5 Å². The van der Waals surface area contributed by atoms with Crippen molar-refractivity contribution in [3.8, 4) is 5.75 Å². The molecule has 4 N–H and O–H groups in total.